The molecule has 34 heavy (non-hydrogen) atoms. The summed E-state index contributed by atoms with van der Waals surface area (Å²) in [6.45, 7) is 3.69. The van der Waals surface area contributed by atoms with E-state index in [1.165, 1.54) is 11.3 Å². The van der Waals surface area contributed by atoms with Gasteiger partial charge in [-0.25, -0.2) is 14.6 Å². The molecule has 0 spiro atoms. The maximum Gasteiger partial charge on any atom is 0.408 e. The van der Waals surface area contributed by atoms with E-state index in [1.807, 2.05) is 42.9 Å². The molecule has 1 aromatic carbocycles. The van der Waals surface area contributed by atoms with Crippen molar-refractivity contribution in [3.05, 3.63) is 41.8 Å². The van der Waals surface area contributed by atoms with Crippen molar-refractivity contribution in [2.45, 2.75) is 38.5 Å². The highest BCUT2D eigenvalue weighted by Gasteiger charge is 2.31. The van der Waals surface area contributed by atoms with Crippen molar-refractivity contribution in [2.75, 3.05) is 13.2 Å². The van der Waals surface area contributed by atoms with E-state index in [2.05, 4.69) is 20.2 Å². The molecule has 0 aliphatic carbocycles. The van der Waals surface area contributed by atoms with E-state index in [1.54, 1.807) is 6.20 Å². The zero-order chi connectivity index (χ0) is 24.1. The van der Waals surface area contributed by atoms with Gasteiger partial charge in [-0.05, 0) is 31.5 Å². The molecule has 178 valence electrons. The van der Waals surface area contributed by atoms with E-state index >= 15 is 0 Å². The first kappa shape index (κ1) is 22.5. The van der Waals surface area contributed by atoms with Crippen LogP contribution < -0.4 is 10.5 Å². The molecule has 12 heteroatoms. The van der Waals surface area contributed by atoms with Crippen LogP contribution in [0.15, 0.2) is 36.9 Å². The molecule has 0 fully saturated rings. The molecule has 1 aliphatic heterocycles. The molecule has 5 rings (SSSR count). The van der Waals surface area contributed by atoms with Gasteiger partial charge in [0.05, 0.1) is 24.0 Å². The average molecular weight is 490 g/mol. The van der Waals surface area contributed by atoms with E-state index in [9.17, 15) is 13.2 Å². The fraction of sp³-hybridized carbons (Fsp3) is 0.364. The molecule has 4 aromatic rings. The van der Waals surface area contributed by atoms with Crippen LogP contribution in [-0.2, 0) is 18.5 Å². The molecule has 4 heterocycles. The van der Waals surface area contributed by atoms with Crippen molar-refractivity contribution in [1.29, 1.82) is 0 Å². The van der Waals surface area contributed by atoms with Crippen LogP contribution in [0, 0.1) is 0 Å². The van der Waals surface area contributed by atoms with E-state index < -0.39 is 12.7 Å². The largest absolute Gasteiger partial charge is 0.492 e. The minimum atomic E-state index is -4.40. The summed E-state index contributed by atoms with van der Waals surface area (Å²) < 4.78 is 47.4. The van der Waals surface area contributed by atoms with Crippen LogP contribution in [0.4, 0.5) is 13.2 Å². The van der Waals surface area contributed by atoms with Crippen LogP contribution in [0.25, 0.3) is 33.2 Å². The zero-order valence-electron chi connectivity index (χ0n) is 18.5. The first-order valence-corrected chi connectivity index (χ1v) is 11.4. The number of halogens is 3. The SMILES string of the molecule is CC(C)(CN)n1cc(-c2ccc3c(c2)OCCc2sc(-c4ncnn4CC(F)(F)F)nc2-3)cn1. The minimum absolute atomic E-state index is 0.101. The van der Waals surface area contributed by atoms with Crippen molar-refractivity contribution in [3.8, 4) is 39.0 Å². The number of alkyl halides is 3. The third-order valence-corrected chi connectivity index (χ3v) is 6.80. The van der Waals surface area contributed by atoms with Gasteiger partial charge in [-0.15, -0.1) is 11.3 Å². The Morgan fingerprint density at radius 1 is 1.18 bits per heavy atom. The Morgan fingerprint density at radius 3 is 2.76 bits per heavy atom. The number of nitrogens with two attached hydrogens (primary N) is 1. The van der Waals surface area contributed by atoms with Gasteiger partial charge in [-0.3, -0.25) is 4.68 Å². The highest BCUT2D eigenvalue weighted by Crippen LogP contribution is 2.41. The second-order valence-electron chi connectivity index (χ2n) is 8.65. The van der Waals surface area contributed by atoms with Crippen LogP contribution in [0.3, 0.4) is 0 Å². The highest BCUT2D eigenvalue weighted by molar-refractivity contribution is 7.15. The number of thiazole rings is 1. The van der Waals surface area contributed by atoms with E-state index in [4.69, 9.17) is 10.5 Å². The lowest BCUT2D eigenvalue weighted by Gasteiger charge is -2.22. The van der Waals surface area contributed by atoms with Gasteiger partial charge in [-0.1, -0.05) is 6.07 Å². The second-order valence-corrected chi connectivity index (χ2v) is 9.73. The first-order valence-electron chi connectivity index (χ1n) is 10.6. The van der Waals surface area contributed by atoms with Crippen LogP contribution in [0.5, 0.6) is 5.75 Å². The number of fused-ring (bicyclic) bond motifs is 3. The number of hydrogen-bond acceptors (Lipinski definition) is 7. The lowest BCUT2D eigenvalue weighted by molar-refractivity contribution is -0.142. The van der Waals surface area contributed by atoms with E-state index in [0.717, 1.165) is 32.6 Å². The summed E-state index contributed by atoms with van der Waals surface area (Å²) in [4.78, 5) is 9.61. The Kier molecular flexibility index (Phi) is 5.44. The monoisotopic (exact) mass is 489 g/mol. The lowest BCUT2D eigenvalue weighted by Crippen LogP contribution is -2.35. The lowest BCUT2D eigenvalue weighted by atomic mass is 10.0. The summed E-state index contributed by atoms with van der Waals surface area (Å²) in [7, 11) is 0. The average Bonchev–Trinajstić information content (AvgIpc) is 3.51. The van der Waals surface area contributed by atoms with Crippen molar-refractivity contribution < 1.29 is 17.9 Å². The van der Waals surface area contributed by atoms with Crippen LogP contribution in [-0.4, -0.2) is 48.9 Å². The molecular formula is C22H22F3N7OS. The van der Waals surface area contributed by atoms with Crippen molar-refractivity contribution in [1.82, 2.24) is 29.5 Å². The summed E-state index contributed by atoms with van der Waals surface area (Å²) in [6, 6.07) is 5.82. The van der Waals surface area contributed by atoms with Gasteiger partial charge in [0.2, 0.25) is 0 Å². The molecule has 3 aromatic heterocycles. The van der Waals surface area contributed by atoms with Gasteiger partial charge in [-0.2, -0.15) is 23.4 Å². The molecule has 0 amide bonds. The Hall–Kier alpha value is -3.25. The number of ether oxygens (including phenoxy) is 1. The number of hydrogen-bond donors (Lipinski definition) is 1. The van der Waals surface area contributed by atoms with Crippen molar-refractivity contribution in [2.24, 2.45) is 5.73 Å². The standard InChI is InChI=1S/C22H22F3N7OS/c1-21(2,10-26)32-9-14(8-28-32)13-3-4-15-16(7-13)33-6-5-17-18(15)30-20(34-17)19-27-12-29-31(19)11-22(23,24)25/h3-4,7-9,12H,5-6,10-11,26H2,1-2H3. The fourth-order valence-electron chi connectivity index (χ4n) is 3.71. The molecule has 8 nitrogen and oxygen atoms in total. The van der Waals surface area contributed by atoms with Crippen LogP contribution >= 0.6 is 11.3 Å². The Morgan fingerprint density at radius 2 is 2.00 bits per heavy atom. The molecule has 0 atom stereocenters. The molecule has 0 radical (unpaired) electrons. The zero-order valence-corrected chi connectivity index (χ0v) is 19.3. The summed E-state index contributed by atoms with van der Waals surface area (Å²) >= 11 is 1.31. The van der Waals surface area contributed by atoms with Gasteiger partial charge < -0.3 is 10.5 Å². The Labute approximate surface area is 197 Å². The molecule has 0 bridgehead atoms. The van der Waals surface area contributed by atoms with E-state index in [0.29, 0.717) is 36.0 Å². The Bertz CT molecular complexity index is 1340. The minimum Gasteiger partial charge on any atom is -0.492 e. The number of aromatic nitrogens is 6. The highest BCUT2D eigenvalue weighted by atomic mass is 32.1. The van der Waals surface area contributed by atoms with Gasteiger partial charge in [0.15, 0.2) is 10.8 Å². The topological polar surface area (TPSA) is 96.7 Å². The summed E-state index contributed by atoms with van der Waals surface area (Å²) in [6.07, 6.45) is 1.04. The molecule has 0 saturated heterocycles. The normalized spacial score (nSPS) is 13.8. The summed E-state index contributed by atoms with van der Waals surface area (Å²) in [5.74, 6) is 0.764. The van der Waals surface area contributed by atoms with Gasteiger partial charge >= 0.3 is 6.18 Å². The second kappa shape index (κ2) is 8.20. The number of rotatable bonds is 5. The van der Waals surface area contributed by atoms with Gasteiger partial charge in [0.25, 0.3) is 0 Å². The van der Waals surface area contributed by atoms with Crippen molar-refractivity contribution >= 4 is 11.3 Å². The summed E-state index contributed by atoms with van der Waals surface area (Å²) in [5.41, 5.74) is 8.90. The molecule has 0 unspecified atom stereocenters. The molecule has 0 saturated carbocycles. The third-order valence-electron chi connectivity index (χ3n) is 5.69. The predicted molar refractivity (Wildman–Crippen MR) is 121 cm³/mol. The van der Waals surface area contributed by atoms with E-state index in [-0.39, 0.29) is 11.4 Å². The fourth-order valence-corrected chi connectivity index (χ4v) is 4.77. The molecule has 2 N–H and O–H groups in total. The van der Waals surface area contributed by atoms with Crippen LogP contribution in [0.2, 0.25) is 0 Å². The van der Waals surface area contributed by atoms with Crippen molar-refractivity contribution in [3.63, 3.8) is 0 Å². The first-order chi connectivity index (χ1) is 16.1. The third kappa shape index (κ3) is 4.18. The predicted octanol–water partition coefficient (Wildman–Crippen LogP) is 4.12. The Balaban J connectivity index is 1.50. The smallest absolute Gasteiger partial charge is 0.408 e. The molecular weight excluding hydrogens is 467 g/mol. The van der Waals surface area contributed by atoms with Crippen LogP contribution in [0.1, 0.15) is 18.7 Å². The number of benzene rings is 1. The quantitative estimate of drug-likeness (QED) is 0.453. The van der Waals surface area contributed by atoms with Gasteiger partial charge in [0, 0.05) is 35.2 Å². The summed E-state index contributed by atoms with van der Waals surface area (Å²) in [5, 5.41) is 8.58. The maximum absolute atomic E-state index is 12.9. The van der Waals surface area contributed by atoms with Gasteiger partial charge in [0.1, 0.15) is 18.6 Å². The molecule has 1 aliphatic rings. The number of nitrogens with zero attached hydrogens (tertiary/aromatic N) is 6. The maximum atomic E-state index is 12.9.